The van der Waals surface area contributed by atoms with Gasteiger partial charge >= 0.3 is 11.7 Å². The first kappa shape index (κ1) is 9.85. The summed E-state index contributed by atoms with van der Waals surface area (Å²) in [6, 6.07) is 2.70. The number of nitrogens with zero attached hydrogens (tertiary/aromatic N) is 2. The summed E-state index contributed by atoms with van der Waals surface area (Å²) in [5.74, 6) is -0.511. The largest absolute Gasteiger partial charge is 0.428 e. The molecule has 0 amide bonds. The number of hydrogen-bond donors (Lipinski definition) is 0. The molecule has 0 aliphatic heterocycles. The fourth-order valence-corrected chi connectivity index (χ4v) is 1.04. The number of rotatable bonds is 3. The Morgan fingerprint density at radius 2 is 2.38 bits per heavy atom. The summed E-state index contributed by atoms with van der Waals surface area (Å²) in [7, 11) is 0. The maximum absolute atomic E-state index is 11.7. The SMILES string of the molecule is O=[N+]([O-])c1nc(OCF)ccc1Br. The number of ether oxygens (including phenoxy) is 1. The molecular formula is C6H4BrFN2O3. The van der Waals surface area contributed by atoms with Crippen molar-refractivity contribution in [2.75, 3.05) is 6.86 Å². The van der Waals surface area contributed by atoms with Gasteiger partial charge in [-0.3, -0.25) is 0 Å². The van der Waals surface area contributed by atoms with Gasteiger partial charge in [-0.15, -0.1) is 0 Å². The van der Waals surface area contributed by atoms with Crippen LogP contribution in [0.1, 0.15) is 0 Å². The van der Waals surface area contributed by atoms with Crippen LogP contribution in [0.15, 0.2) is 16.6 Å². The van der Waals surface area contributed by atoms with Crippen molar-refractivity contribution < 1.29 is 14.1 Å². The second kappa shape index (κ2) is 4.13. The van der Waals surface area contributed by atoms with Gasteiger partial charge in [0.05, 0.1) is 0 Å². The van der Waals surface area contributed by atoms with Crippen molar-refractivity contribution >= 4 is 21.7 Å². The number of pyridine rings is 1. The average Bonchev–Trinajstić information content (AvgIpc) is 2.08. The zero-order valence-electron chi connectivity index (χ0n) is 6.24. The fourth-order valence-electron chi connectivity index (χ4n) is 0.678. The molecular weight excluding hydrogens is 247 g/mol. The first-order chi connectivity index (χ1) is 6.15. The summed E-state index contributed by atoms with van der Waals surface area (Å²) >= 11 is 2.93. The highest BCUT2D eigenvalue weighted by atomic mass is 79.9. The molecule has 1 aromatic rings. The Balaban J connectivity index is 3.04. The molecule has 7 heteroatoms. The third kappa shape index (κ3) is 2.35. The molecule has 0 unspecified atom stereocenters. The number of hydrogen-bond acceptors (Lipinski definition) is 4. The predicted molar refractivity (Wildman–Crippen MR) is 45.2 cm³/mol. The minimum absolute atomic E-state index is 0.114. The molecule has 0 N–H and O–H groups in total. The van der Waals surface area contributed by atoms with Crippen LogP contribution in [-0.2, 0) is 0 Å². The fraction of sp³-hybridized carbons (Fsp3) is 0.167. The lowest BCUT2D eigenvalue weighted by Crippen LogP contribution is -1.97. The summed E-state index contributed by atoms with van der Waals surface area (Å²) in [6.07, 6.45) is 0. The van der Waals surface area contributed by atoms with Gasteiger partial charge in [0.1, 0.15) is 4.47 Å². The summed E-state index contributed by atoms with van der Waals surface area (Å²) in [5.41, 5.74) is 0. The van der Waals surface area contributed by atoms with Crippen LogP contribution in [0.25, 0.3) is 0 Å². The first-order valence-electron chi connectivity index (χ1n) is 3.15. The summed E-state index contributed by atoms with van der Waals surface area (Å²) < 4.78 is 16.2. The van der Waals surface area contributed by atoms with Gasteiger partial charge in [-0.25, -0.2) is 4.39 Å². The maximum Gasteiger partial charge on any atom is 0.381 e. The molecule has 0 atom stereocenters. The van der Waals surface area contributed by atoms with Gasteiger partial charge in [-0.2, -0.15) is 0 Å². The van der Waals surface area contributed by atoms with E-state index >= 15 is 0 Å². The number of halogens is 2. The van der Waals surface area contributed by atoms with Crippen molar-refractivity contribution in [1.82, 2.24) is 4.98 Å². The van der Waals surface area contributed by atoms with Crippen LogP contribution < -0.4 is 4.74 Å². The van der Waals surface area contributed by atoms with E-state index in [1.54, 1.807) is 0 Å². The molecule has 0 saturated heterocycles. The van der Waals surface area contributed by atoms with E-state index in [4.69, 9.17) is 0 Å². The van der Waals surface area contributed by atoms with Crippen molar-refractivity contribution in [3.63, 3.8) is 0 Å². The van der Waals surface area contributed by atoms with E-state index in [9.17, 15) is 14.5 Å². The van der Waals surface area contributed by atoms with Gasteiger partial charge in [0.25, 0.3) is 0 Å². The summed E-state index contributed by atoms with van der Waals surface area (Å²) in [6.45, 7) is -1.06. The summed E-state index contributed by atoms with van der Waals surface area (Å²) in [5, 5.41) is 10.3. The Hall–Kier alpha value is -1.24. The highest BCUT2D eigenvalue weighted by molar-refractivity contribution is 9.10. The van der Waals surface area contributed by atoms with Crippen LogP contribution in [-0.4, -0.2) is 16.8 Å². The van der Waals surface area contributed by atoms with Gasteiger partial charge in [0, 0.05) is 11.1 Å². The van der Waals surface area contributed by atoms with E-state index < -0.39 is 17.6 Å². The van der Waals surface area contributed by atoms with Crippen molar-refractivity contribution in [2.24, 2.45) is 0 Å². The topological polar surface area (TPSA) is 65.3 Å². The van der Waals surface area contributed by atoms with Crippen LogP contribution in [0.4, 0.5) is 10.2 Å². The molecule has 5 nitrogen and oxygen atoms in total. The highest BCUT2D eigenvalue weighted by Gasteiger charge is 2.15. The molecule has 0 fully saturated rings. The van der Waals surface area contributed by atoms with Crippen LogP contribution in [0.3, 0.4) is 0 Å². The molecule has 1 aromatic heterocycles. The highest BCUT2D eigenvalue weighted by Crippen LogP contribution is 2.24. The minimum atomic E-state index is -1.06. The quantitative estimate of drug-likeness (QED) is 0.609. The second-order valence-electron chi connectivity index (χ2n) is 1.97. The van der Waals surface area contributed by atoms with Gasteiger partial charge in [0.2, 0.25) is 6.86 Å². The van der Waals surface area contributed by atoms with Gasteiger partial charge in [0.15, 0.2) is 0 Å². The van der Waals surface area contributed by atoms with E-state index in [0.717, 1.165) is 0 Å². The zero-order valence-corrected chi connectivity index (χ0v) is 7.82. The third-order valence-corrected chi connectivity index (χ3v) is 1.80. The molecule has 13 heavy (non-hydrogen) atoms. The van der Waals surface area contributed by atoms with Gasteiger partial charge < -0.3 is 14.9 Å². The normalized spacial score (nSPS) is 9.69. The Kier molecular flexibility index (Phi) is 3.13. The Labute approximate surface area is 80.8 Å². The first-order valence-corrected chi connectivity index (χ1v) is 3.94. The molecule has 0 spiro atoms. The van der Waals surface area contributed by atoms with Crippen LogP contribution >= 0.6 is 15.9 Å². The predicted octanol–water partition coefficient (Wildman–Crippen LogP) is 2.06. The van der Waals surface area contributed by atoms with Crippen LogP contribution in [0, 0.1) is 10.1 Å². The Bertz CT molecular complexity index is 334. The minimum Gasteiger partial charge on any atom is -0.428 e. The zero-order chi connectivity index (χ0) is 9.84. The Morgan fingerprint density at radius 1 is 1.69 bits per heavy atom. The number of nitro groups is 1. The molecule has 0 aliphatic rings. The van der Waals surface area contributed by atoms with Crippen molar-refractivity contribution in [3.8, 4) is 5.88 Å². The Morgan fingerprint density at radius 3 is 2.92 bits per heavy atom. The second-order valence-corrected chi connectivity index (χ2v) is 2.82. The number of alkyl halides is 1. The van der Waals surface area contributed by atoms with Crippen molar-refractivity contribution in [3.05, 3.63) is 26.7 Å². The molecule has 0 aromatic carbocycles. The van der Waals surface area contributed by atoms with Crippen LogP contribution in [0.2, 0.25) is 0 Å². The van der Waals surface area contributed by atoms with Crippen molar-refractivity contribution in [1.29, 1.82) is 0 Å². The van der Waals surface area contributed by atoms with Gasteiger partial charge in [-0.05, 0) is 26.9 Å². The maximum atomic E-state index is 11.7. The van der Waals surface area contributed by atoms with E-state index in [1.165, 1.54) is 12.1 Å². The van der Waals surface area contributed by atoms with Crippen LogP contribution in [0.5, 0.6) is 5.88 Å². The smallest absolute Gasteiger partial charge is 0.381 e. The average molecular weight is 251 g/mol. The number of aromatic nitrogens is 1. The van der Waals surface area contributed by atoms with Gasteiger partial charge in [-0.1, -0.05) is 0 Å². The molecule has 70 valence electrons. The lowest BCUT2D eigenvalue weighted by Gasteiger charge is -1.97. The molecule has 0 aliphatic carbocycles. The molecule has 0 bridgehead atoms. The lowest BCUT2D eigenvalue weighted by atomic mass is 10.4. The standard InChI is InChI=1S/C6H4BrFN2O3/c7-4-1-2-5(13-3-8)9-6(4)10(11)12/h1-2H,3H2. The van der Waals surface area contributed by atoms with E-state index in [1.807, 2.05) is 0 Å². The van der Waals surface area contributed by atoms with E-state index in [0.29, 0.717) is 0 Å². The summed E-state index contributed by atoms with van der Waals surface area (Å²) in [4.78, 5) is 13.1. The molecule has 0 saturated carbocycles. The van der Waals surface area contributed by atoms with E-state index in [-0.39, 0.29) is 10.4 Å². The van der Waals surface area contributed by atoms with E-state index in [2.05, 4.69) is 25.7 Å². The molecule has 1 heterocycles. The third-order valence-electron chi connectivity index (χ3n) is 1.18. The molecule has 0 radical (unpaired) electrons. The van der Waals surface area contributed by atoms with Crippen molar-refractivity contribution in [2.45, 2.75) is 0 Å². The lowest BCUT2D eigenvalue weighted by molar-refractivity contribution is -0.390. The monoisotopic (exact) mass is 250 g/mol. The molecule has 1 rings (SSSR count).